The molecule has 0 fully saturated rings. The highest BCUT2D eigenvalue weighted by Gasteiger charge is 2.01. The molecule has 0 radical (unpaired) electrons. The van der Waals surface area contributed by atoms with E-state index in [4.69, 9.17) is 23.2 Å². The molecule has 1 aromatic carbocycles. The van der Waals surface area contributed by atoms with Crippen molar-refractivity contribution in [1.82, 2.24) is 10.6 Å². The van der Waals surface area contributed by atoms with E-state index in [2.05, 4.69) is 17.6 Å². The van der Waals surface area contributed by atoms with Crippen molar-refractivity contribution in [2.24, 2.45) is 0 Å². The zero-order valence-corrected chi connectivity index (χ0v) is 10.5. The standard InChI is InChI=1S/C11H16Cl2N2/c1-8(6-14-2)15-7-9-3-10(12)5-11(13)4-9/h3-5,8,14-15H,6-7H2,1-2H3. The highest BCUT2D eigenvalue weighted by molar-refractivity contribution is 6.34. The van der Waals surface area contributed by atoms with Gasteiger partial charge < -0.3 is 10.6 Å². The van der Waals surface area contributed by atoms with Crippen molar-refractivity contribution in [2.45, 2.75) is 19.5 Å². The lowest BCUT2D eigenvalue weighted by Gasteiger charge is -2.13. The molecule has 1 aromatic rings. The lowest BCUT2D eigenvalue weighted by molar-refractivity contribution is 0.523. The minimum Gasteiger partial charge on any atom is -0.318 e. The fourth-order valence-corrected chi connectivity index (χ4v) is 1.95. The van der Waals surface area contributed by atoms with Crippen molar-refractivity contribution in [3.8, 4) is 0 Å². The Morgan fingerprint density at radius 2 is 1.80 bits per heavy atom. The normalized spacial score (nSPS) is 12.8. The first-order valence-corrected chi connectivity index (χ1v) is 5.70. The summed E-state index contributed by atoms with van der Waals surface area (Å²) in [4.78, 5) is 0. The summed E-state index contributed by atoms with van der Waals surface area (Å²) in [6.07, 6.45) is 0. The zero-order chi connectivity index (χ0) is 11.3. The van der Waals surface area contributed by atoms with Gasteiger partial charge in [-0.3, -0.25) is 0 Å². The summed E-state index contributed by atoms with van der Waals surface area (Å²) >= 11 is 11.8. The third-order valence-electron chi connectivity index (χ3n) is 2.09. The Hall–Kier alpha value is -0.280. The molecule has 0 saturated heterocycles. The first kappa shape index (κ1) is 12.8. The van der Waals surface area contributed by atoms with Crippen LogP contribution in [0.1, 0.15) is 12.5 Å². The average molecular weight is 247 g/mol. The van der Waals surface area contributed by atoms with Crippen molar-refractivity contribution in [3.05, 3.63) is 33.8 Å². The van der Waals surface area contributed by atoms with Crippen molar-refractivity contribution < 1.29 is 0 Å². The Balaban J connectivity index is 2.50. The van der Waals surface area contributed by atoms with Gasteiger partial charge in [-0.1, -0.05) is 23.2 Å². The van der Waals surface area contributed by atoms with Crippen molar-refractivity contribution in [3.63, 3.8) is 0 Å². The van der Waals surface area contributed by atoms with Gasteiger partial charge in [0.25, 0.3) is 0 Å². The summed E-state index contributed by atoms with van der Waals surface area (Å²) in [7, 11) is 1.94. The van der Waals surface area contributed by atoms with E-state index < -0.39 is 0 Å². The average Bonchev–Trinajstić information content (AvgIpc) is 2.14. The monoisotopic (exact) mass is 246 g/mol. The van der Waals surface area contributed by atoms with Crippen LogP contribution in [0.2, 0.25) is 10.0 Å². The van der Waals surface area contributed by atoms with Gasteiger partial charge in [-0.25, -0.2) is 0 Å². The van der Waals surface area contributed by atoms with Crippen LogP contribution in [0.5, 0.6) is 0 Å². The molecule has 84 valence electrons. The van der Waals surface area contributed by atoms with Crippen molar-refractivity contribution in [1.29, 1.82) is 0 Å². The van der Waals surface area contributed by atoms with E-state index in [1.807, 2.05) is 19.2 Å². The maximum atomic E-state index is 5.90. The molecular formula is C11H16Cl2N2. The predicted molar refractivity (Wildman–Crippen MR) is 66.7 cm³/mol. The first-order valence-electron chi connectivity index (χ1n) is 4.94. The van der Waals surface area contributed by atoms with E-state index in [9.17, 15) is 0 Å². The molecule has 0 bridgehead atoms. The number of halogens is 2. The third-order valence-corrected chi connectivity index (χ3v) is 2.52. The molecule has 4 heteroatoms. The van der Waals surface area contributed by atoms with Crippen molar-refractivity contribution >= 4 is 23.2 Å². The molecule has 1 rings (SSSR count). The van der Waals surface area contributed by atoms with Crippen LogP contribution >= 0.6 is 23.2 Å². The summed E-state index contributed by atoms with van der Waals surface area (Å²) < 4.78 is 0. The predicted octanol–water partition coefficient (Wildman–Crippen LogP) is 2.69. The lowest BCUT2D eigenvalue weighted by atomic mass is 10.2. The number of rotatable bonds is 5. The fourth-order valence-electron chi connectivity index (χ4n) is 1.38. The van der Waals surface area contributed by atoms with Gasteiger partial charge in [0.05, 0.1) is 0 Å². The SMILES string of the molecule is CNCC(C)NCc1cc(Cl)cc(Cl)c1. The summed E-state index contributed by atoms with van der Waals surface area (Å²) in [6, 6.07) is 6.01. The van der Waals surface area contributed by atoms with E-state index in [0.29, 0.717) is 16.1 Å². The van der Waals surface area contributed by atoms with E-state index in [-0.39, 0.29) is 0 Å². The van der Waals surface area contributed by atoms with Crippen LogP contribution in [0.25, 0.3) is 0 Å². The van der Waals surface area contributed by atoms with Crippen molar-refractivity contribution in [2.75, 3.05) is 13.6 Å². The molecule has 0 spiro atoms. The van der Waals surface area contributed by atoms with Crippen LogP contribution < -0.4 is 10.6 Å². The summed E-state index contributed by atoms with van der Waals surface area (Å²) in [5, 5.41) is 7.85. The molecule has 2 N–H and O–H groups in total. The zero-order valence-electron chi connectivity index (χ0n) is 8.98. The minimum atomic E-state index is 0.424. The van der Waals surface area contributed by atoms with Gasteiger partial charge in [0.1, 0.15) is 0 Å². The third kappa shape index (κ3) is 4.85. The number of likely N-dealkylation sites (N-methyl/N-ethyl adjacent to an activating group) is 1. The minimum absolute atomic E-state index is 0.424. The van der Waals surface area contributed by atoms with Crippen LogP contribution in [-0.4, -0.2) is 19.6 Å². The van der Waals surface area contributed by atoms with Gasteiger partial charge in [0, 0.05) is 29.2 Å². The Morgan fingerprint density at radius 3 is 2.33 bits per heavy atom. The number of hydrogen-bond donors (Lipinski definition) is 2. The molecular weight excluding hydrogens is 231 g/mol. The quantitative estimate of drug-likeness (QED) is 0.835. The first-order chi connectivity index (χ1) is 7.11. The number of benzene rings is 1. The maximum absolute atomic E-state index is 5.90. The van der Waals surface area contributed by atoms with E-state index >= 15 is 0 Å². The molecule has 2 nitrogen and oxygen atoms in total. The summed E-state index contributed by atoms with van der Waals surface area (Å²) in [6.45, 7) is 3.85. The largest absolute Gasteiger partial charge is 0.318 e. The van der Waals surface area contributed by atoms with Gasteiger partial charge >= 0.3 is 0 Å². The Kier molecular flexibility index (Phi) is 5.40. The molecule has 0 aliphatic carbocycles. The van der Waals surface area contributed by atoms with Crippen LogP contribution in [0.4, 0.5) is 0 Å². The Bertz CT molecular complexity index is 295. The fraction of sp³-hybridized carbons (Fsp3) is 0.455. The van der Waals surface area contributed by atoms with E-state index in [1.54, 1.807) is 6.07 Å². The Morgan fingerprint density at radius 1 is 1.20 bits per heavy atom. The van der Waals surface area contributed by atoms with E-state index in [0.717, 1.165) is 18.7 Å². The molecule has 0 amide bonds. The molecule has 0 aliphatic rings. The second-order valence-electron chi connectivity index (χ2n) is 3.62. The second-order valence-corrected chi connectivity index (χ2v) is 4.49. The molecule has 1 atom stereocenters. The smallest absolute Gasteiger partial charge is 0.0424 e. The summed E-state index contributed by atoms with van der Waals surface area (Å²) in [5.74, 6) is 0. The van der Waals surface area contributed by atoms with Gasteiger partial charge in [-0.15, -0.1) is 0 Å². The molecule has 15 heavy (non-hydrogen) atoms. The van der Waals surface area contributed by atoms with Crippen LogP contribution in [0, 0.1) is 0 Å². The molecule has 0 heterocycles. The summed E-state index contributed by atoms with van der Waals surface area (Å²) in [5.41, 5.74) is 1.11. The number of hydrogen-bond acceptors (Lipinski definition) is 2. The lowest BCUT2D eigenvalue weighted by Crippen LogP contribution is -2.34. The van der Waals surface area contributed by atoms with Gasteiger partial charge in [-0.2, -0.15) is 0 Å². The van der Waals surface area contributed by atoms with Gasteiger partial charge in [0.15, 0.2) is 0 Å². The molecule has 1 unspecified atom stereocenters. The maximum Gasteiger partial charge on any atom is 0.0424 e. The molecule has 0 aromatic heterocycles. The van der Waals surface area contributed by atoms with Gasteiger partial charge in [-0.05, 0) is 37.7 Å². The van der Waals surface area contributed by atoms with Crippen LogP contribution in [0.15, 0.2) is 18.2 Å². The van der Waals surface area contributed by atoms with Crippen LogP contribution in [-0.2, 0) is 6.54 Å². The molecule has 0 saturated carbocycles. The number of nitrogens with one attached hydrogen (secondary N) is 2. The topological polar surface area (TPSA) is 24.1 Å². The molecule has 0 aliphatic heterocycles. The second kappa shape index (κ2) is 6.33. The van der Waals surface area contributed by atoms with Crippen LogP contribution in [0.3, 0.4) is 0 Å². The highest BCUT2D eigenvalue weighted by Crippen LogP contribution is 2.18. The highest BCUT2D eigenvalue weighted by atomic mass is 35.5. The van der Waals surface area contributed by atoms with Gasteiger partial charge in [0.2, 0.25) is 0 Å². The van der Waals surface area contributed by atoms with E-state index in [1.165, 1.54) is 0 Å². The Labute approximate surface area is 101 Å².